The number of rotatable bonds is 2. The molecule has 2 aromatic heterocycles. The van der Waals surface area contributed by atoms with Crippen molar-refractivity contribution in [2.75, 3.05) is 12.8 Å². The number of ether oxygens (including phenoxy) is 1. The molecule has 0 fully saturated rings. The van der Waals surface area contributed by atoms with Gasteiger partial charge in [0.1, 0.15) is 11.3 Å². The number of hydrogen-bond acceptors (Lipinski definition) is 4. The SMILES string of the molecule is COc1ccc2nc(N)n(-c3ccc(Br)c(F)c3)c2n1. The smallest absolute Gasteiger partial charge is 0.215 e. The van der Waals surface area contributed by atoms with Gasteiger partial charge in [-0.1, -0.05) is 0 Å². The highest BCUT2D eigenvalue weighted by molar-refractivity contribution is 9.10. The topological polar surface area (TPSA) is 66.0 Å². The van der Waals surface area contributed by atoms with Crippen molar-refractivity contribution in [1.82, 2.24) is 14.5 Å². The second kappa shape index (κ2) is 4.75. The summed E-state index contributed by atoms with van der Waals surface area (Å²) in [6.45, 7) is 0. The Morgan fingerprint density at radius 1 is 1.25 bits per heavy atom. The van der Waals surface area contributed by atoms with Crippen molar-refractivity contribution in [3.63, 3.8) is 0 Å². The van der Waals surface area contributed by atoms with Crippen LogP contribution < -0.4 is 10.5 Å². The number of imidazole rings is 1. The van der Waals surface area contributed by atoms with Crippen molar-refractivity contribution in [3.8, 4) is 11.6 Å². The molecule has 0 radical (unpaired) electrons. The zero-order valence-electron chi connectivity index (χ0n) is 10.5. The van der Waals surface area contributed by atoms with E-state index in [0.29, 0.717) is 27.2 Å². The van der Waals surface area contributed by atoms with Gasteiger partial charge in [0.15, 0.2) is 5.65 Å². The van der Waals surface area contributed by atoms with E-state index in [-0.39, 0.29) is 11.8 Å². The van der Waals surface area contributed by atoms with E-state index < -0.39 is 0 Å². The molecule has 0 amide bonds. The molecule has 2 N–H and O–H groups in total. The predicted octanol–water partition coefficient (Wildman–Crippen LogP) is 2.91. The Morgan fingerprint density at radius 2 is 2.05 bits per heavy atom. The Bertz CT molecular complexity index is 802. The first-order valence-electron chi connectivity index (χ1n) is 5.74. The minimum absolute atomic E-state index is 0.238. The van der Waals surface area contributed by atoms with E-state index in [2.05, 4.69) is 25.9 Å². The Hall–Kier alpha value is -2.15. The van der Waals surface area contributed by atoms with Gasteiger partial charge in [-0.25, -0.2) is 9.37 Å². The molecule has 0 aliphatic carbocycles. The molecule has 0 saturated heterocycles. The van der Waals surface area contributed by atoms with Gasteiger partial charge in [0, 0.05) is 6.07 Å². The minimum atomic E-state index is -0.383. The number of methoxy groups -OCH3 is 1. The van der Waals surface area contributed by atoms with E-state index >= 15 is 0 Å². The van der Waals surface area contributed by atoms with Crippen LogP contribution in [0, 0.1) is 5.82 Å². The maximum atomic E-state index is 13.7. The average Bonchev–Trinajstić information content (AvgIpc) is 2.77. The molecule has 0 atom stereocenters. The molecule has 0 aliphatic rings. The molecule has 20 heavy (non-hydrogen) atoms. The molecule has 3 rings (SSSR count). The van der Waals surface area contributed by atoms with Gasteiger partial charge in [0.05, 0.1) is 17.3 Å². The molecule has 2 heterocycles. The maximum absolute atomic E-state index is 13.7. The van der Waals surface area contributed by atoms with Gasteiger partial charge in [-0.05, 0) is 40.2 Å². The van der Waals surface area contributed by atoms with Crippen LogP contribution >= 0.6 is 15.9 Å². The summed E-state index contributed by atoms with van der Waals surface area (Å²) in [5.74, 6) is 0.297. The second-order valence-corrected chi connectivity index (χ2v) is 4.95. The van der Waals surface area contributed by atoms with Gasteiger partial charge >= 0.3 is 0 Å². The summed E-state index contributed by atoms with van der Waals surface area (Å²) in [6, 6.07) is 8.15. The summed E-state index contributed by atoms with van der Waals surface area (Å²) in [6.07, 6.45) is 0. The Labute approximate surface area is 122 Å². The van der Waals surface area contributed by atoms with Crippen LogP contribution in [-0.4, -0.2) is 21.6 Å². The molecule has 0 saturated carbocycles. The first kappa shape index (κ1) is 12.9. The molecule has 1 aromatic carbocycles. The van der Waals surface area contributed by atoms with Crippen molar-refractivity contribution in [3.05, 3.63) is 40.6 Å². The van der Waals surface area contributed by atoms with Crippen LogP contribution in [0.3, 0.4) is 0 Å². The van der Waals surface area contributed by atoms with Crippen LogP contribution in [0.1, 0.15) is 0 Å². The number of halogens is 2. The monoisotopic (exact) mass is 336 g/mol. The maximum Gasteiger partial charge on any atom is 0.215 e. The third-order valence-corrected chi connectivity index (χ3v) is 3.52. The lowest BCUT2D eigenvalue weighted by molar-refractivity contribution is 0.399. The zero-order chi connectivity index (χ0) is 14.3. The van der Waals surface area contributed by atoms with E-state index in [1.807, 2.05) is 0 Å². The molecule has 7 heteroatoms. The minimum Gasteiger partial charge on any atom is -0.481 e. The van der Waals surface area contributed by atoms with Crippen LogP contribution in [0.25, 0.3) is 16.9 Å². The highest BCUT2D eigenvalue weighted by Crippen LogP contribution is 2.26. The largest absolute Gasteiger partial charge is 0.481 e. The lowest BCUT2D eigenvalue weighted by Crippen LogP contribution is -2.02. The van der Waals surface area contributed by atoms with Gasteiger partial charge in [-0.2, -0.15) is 4.98 Å². The van der Waals surface area contributed by atoms with Crippen molar-refractivity contribution < 1.29 is 9.13 Å². The standard InChI is InChI=1S/C13H10BrFN4O/c1-20-11-5-4-10-12(18-11)19(13(16)17-10)7-2-3-8(14)9(15)6-7/h2-6H,1H3,(H2,16,17). The highest BCUT2D eigenvalue weighted by atomic mass is 79.9. The van der Waals surface area contributed by atoms with Gasteiger partial charge < -0.3 is 10.5 Å². The Morgan fingerprint density at radius 3 is 2.75 bits per heavy atom. The van der Waals surface area contributed by atoms with E-state index in [4.69, 9.17) is 10.5 Å². The van der Waals surface area contributed by atoms with Crippen LogP contribution in [0.15, 0.2) is 34.8 Å². The van der Waals surface area contributed by atoms with Crippen LogP contribution in [0.4, 0.5) is 10.3 Å². The molecular weight excluding hydrogens is 327 g/mol. The Balaban J connectivity index is 2.28. The first-order valence-corrected chi connectivity index (χ1v) is 6.54. The summed E-state index contributed by atoms with van der Waals surface area (Å²) in [7, 11) is 1.53. The van der Waals surface area contributed by atoms with Crippen molar-refractivity contribution in [1.29, 1.82) is 0 Å². The second-order valence-electron chi connectivity index (χ2n) is 4.10. The summed E-state index contributed by atoms with van der Waals surface area (Å²) >= 11 is 3.12. The number of pyridine rings is 1. The van der Waals surface area contributed by atoms with E-state index in [1.54, 1.807) is 28.8 Å². The molecule has 3 aromatic rings. The van der Waals surface area contributed by atoms with Gasteiger partial charge in [-0.15, -0.1) is 0 Å². The molecule has 102 valence electrons. The van der Waals surface area contributed by atoms with Gasteiger partial charge in [-0.3, -0.25) is 4.57 Å². The number of nitrogen functional groups attached to an aromatic ring is 1. The molecule has 0 bridgehead atoms. The summed E-state index contributed by atoms with van der Waals surface area (Å²) in [5.41, 5.74) is 7.58. The number of fused-ring (bicyclic) bond motifs is 1. The van der Waals surface area contributed by atoms with Crippen molar-refractivity contribution >= 4 is 33.0 Å². The molecule has 0 aliphatic heterocycles. The number of anilines is 1. The molecule has 0 spiro atoms. The summed E-state index contributed by atoms with van der Waals surface area (Å²) < 4.78 is 20.7. The van der Waals surface area contributed by atoms with E-state index in [0.717, 1.165) is 0 Å². The van der Waals surface area contributed by atoms with E-state index in [1.165, 1.54) is 13.2 Å². The fourth-order valence-electron chi connectivity index (χ4n) is 1.95. The first-order chi connectivity index (χ1) is 9.60. The lowest BCUT2D eigenvalue weighted by atomic mass is 10.3. The van der Waals surface area contributed by atoms with Crippen molar-refractivity contribution in [2.24, 2.45) is 0 Å². The van der Waals surface area contributed by atoms with Crippen molar-refractivity contribution in [2.45, 2.75) is 0 Å². The molecule has 0 unspecified atom stereocenters. The van der Waals surface area contributed by atoms with Crippen LogP contribution in [-0.2, 0) is 0 Å². The quantitative estimate of drug-likeness (QED) is 0.781. The lowest BCUT2D eigenvalue weighted by Gasteiger charge is -2.07. The van der Waals surface area contributed by atoms with E-state index in [9.17, 15) is 4.39 Å². The number of benzene rings is 1. The van der Waals surface area contributed by atoms with Gasteiger partial charge in [0.25, 0.3) is 0 Å². The fourth-order valence-corrected chi connectivity index (χ4v) is 2.20. The average molecular weight is 337 g/mol. The normalized spacial score (nSPS) is 10.9. The number of aromatic nitrogens is 3. The number of nitrogens with two attached hydrogens (primary N) is 1. The summed E-state index contributed by atoms with van der Waals surface area (Å²) in [5, 5.41) is 0. The Kier molecular flexibility index (Phi) is 3.06. The number of nitrogens with zero attached hydrogens (tertiary/aromatic N) is 3. The predicted molar refractivity (Wildman–Crippen MR) is 77.5 cm³/mol. The van der Waals surface area contributed by atoms with Crippen LogP contribution in [0.5, 0.6) is 5.88 Å². The summed E-state index contributed by atoms with van der Waals surface area (Å²) in [4.78, 5) is 8.51. The molecular formula is C13H10BrFN4O. The molecule has 5 nitrogen and oxygen atoms in total. The van der Waals surface area contributed by atoms with Gasteiger partial charge in [0.2, 0.25) is 11.8 Å². The third-order valence-electron chi connectivity index (χ3n) is 2.88. The van der Waals surface area contributed by atoms with Crippen LogP contribution in [0.2, 0.25) is 0 Å². The third kappa shape index (κ3) is 2.00. The zero-order valence-corrected chi connectivity index (χ0v) is 12.1. The fraction of sp³-hybridized carbons (Fsp3) is 0.0769. The number of hydrogen-bond donors (Lipinski definition) is 1. The highest BCUT2D eigenvalue weighted by Gasteiger charge is 2.13.